The summed E-state index contributed by atoms with van der Waals surface area (Å²) in [5.74, 6) is 2.43. The summed E-state index contributed by atoms with van der Waals surface area (Å²) < 4.78 is 7.66. The van der Waals surface area contributed by atoms with Gasteiger partial charge >= 0.3 is 0 Å². The van der Waals surface area contributed by atoms with Crippen molar-refractivity contribution in [1.82, 2.24) is 9.78 Å². The SMILES string of the molecule is CC(C)(C)n1ncc(SCC2CCC(COC3CCCCC3)CC2)c(Cl)c1=O. The Hall–Kier alpha value is -0.520. The Morgan fingerprint density at radius 1 is 1.11 bits per heavy atom. The minimum atomic E-state index is -0.359. The Balaban J connectivity index is 1.43. The van der Waals surface area contributed by atoms with Crippen LogP contribution in [0.25, 0.3) is 0 Å². The van der Waals surface area contributed by atoms with Crippen LogP contribution in [0.15, 0.2) is 15.9 Å². The smallest absolute Gasteiger partial charge is 0.287 e. The fourth-order valence-electron chi connectivity index (χ4n) is 4.27. The molecule has 4 nitrogen and oxygen atoms in total. The lowest BCUT2D eigenvalue weighted by atomic mass is 9.83. The van der Waals surface area contributed by atoms with Gasteiger partial charge in [0.05, 0.1) is 22.7 Å². The molecule has 0 saturated heterocycles. The van der Waals surface area contributed by atoms with Gasteiger partial charge in [0.25, 0.3) is 5.56 Å². The number of ether oxygens (including phenoxy) is 1. The maximum absolute atomic E-state index is 12.5. The number of halogens is 1. The van der Waals surface area contributed by atoms with Crippen LogP contribution in [0.5, 0.6) is 0 Å². The Kier molecular flexibility index (Phi) is 7.91. The molecule has 0 spiro atoms. The van der Waals surface area contributed by atoms with E-state index in [-0.39, 0.29) is 11.1 Å². The first-order valence-corrected chi connectivity index (χ1v) is 12.2. The van der Waals surface area contributed by atoms with Crippen LogP contribution in [-0.4, -0.2) is 28.2 Å². The molecule has 1 heterocycles. The molecule has 0 radical (unpaired) electrons. The van der Waals surface area contributed by atoms with Gasteiger partial charge in [-0.25, -0.2) is 4.68 Å². The lowest BCUT2D eigenvalue weighted by Gasteiger charge is -2.30. The summed E-state index contributed by atoms with van der Waals surface area (Å²) in [6.45, 7) is 6.83. The fraction of sp³-hybridized carbons (Fsp3) is 0.818. The van der Waals surface area contributed by atoms with Crippen LogP contribution in [0.4, 0.5) is 0 Å². The molecule has 0 bridgehead atoms. The molecule has 158 valence electrons. The molecule has 0 unspecified atom stereocenters. The fourth-order valence-corrected chi connectivity index (χ4v) is 5.65. The van der Waals surface area contributed by atoms with Crippen molar-refractivity contribution in [3.8, 4) is 0 Å². The van der Waals surface area contributed by atoms with E-state index in [1.165, 1.54) is 62.5 Å². The van der Waals surface area contributed by atoms with Crippen molar-refractivity contribution in [2.24, 2.45) is 11.8 Å². The van der Waals surface area contributed by atoms with Gasteiger partial charge in [-0.2, -0.15) is 5.10 Å². The minimum absolute atomic E-state index is 0.192. The van der Waals surface area contributed by atoms with Crippen molar-refractivity contribution < 1.29 is 4.74 Å². The molecule has 0 atom stereocenters. The highest BCUT2D eigenvalue weighted by atomic mass is 35.5. The molecule has 28 heavy (non-hydrogen) atoms. The third-order valence-corrected chi connectivity index (χ3v) is 7.82. The van der Waals surface area contributed by atoms with Crippen LogP contribution in [0.2, 0.25) is 5.02 Å². The van der Waals surface area contributed by atoms with E-state index in [4.69, 9.17) is 16.3 Å². The van der Waals surface area contributed by atoms with Gasteiger partial charge in [0.15, 0.2) is 0 Å². The Morgan fingerprint density at radius 3 is 2.39 bits per heavy atom. The Labute approximate surface area is 178 Å². The highest BCUT2D eigenvalue weighted by Gasteiger charge is 2.24. The van der Waals surface area contributed by atoms with Gasteiger partial charge in [0.2, 0.25) is 0 Å². The van der Waals surface area contributed by atoms with Gasteiger partial charge in [-0.05, 0) is 71.1 Å². The maximum Gasteiger partial charge on any atom is 0.287 e. The van der Waals surface area contributed by atoms with E-state index in [0.29, 0.717) is 17.0 Å². The highest BCUT2D eigenvalue weighted by molar-refractivity contribution is 7.99. The Bertz CT molecular complexity index is 687. The molecular weight excluding hydrogens is 392 g/mol. The quantitative estimate of drug-likeness (QED) is 0.531. The molecule has 1 aromatic rings. The summed E-state index contributed by atoms with van der Waals surface area (Å²) in [4.78, 5) is 13.3. The molecule has 2 aliphatic carbocycles. The van der Waals surface area contributed by atoms with E-state index >= 15 is 0 Å². The molecule has 0 amide bonds. The average Bonchev–Trinajstić information content (AvgIpc) is 2.68. The van der Waals surface area contributed by atoms with Gasteiger partial charge < -0.3 is 4.74 Å². The second-order valence-electron chi connectivity index (χ2n) is 9.50. The zero-order valence-corrected chi connectivity index (χ0v) is 19.2. The summed E-state index contributed by atoms with van der Waals surface area (Å²) >= 11 is 8.03. The van der Waals surface area contributed by atoms with E-state index in [1.54, 1.807) is 18.0 Å². The van der Waals surface area contributed by atoms with Crippen molar-refractivity contribution >= 4 is 23.4 Å². The van der Waals surface area contributed by atoms with Crippen LogP contribution in [0.3, 0.4) is 0 Å². The van der Waals surface area contributed by atoms with Crippen LogP contribution < -0.4 is 5.56 Å². The van der Waals surface area contributed by atoms with Crippen LogP contribution in [-0.2, 0) is 10.3 Å². The number of hydrogen-bond acceptors (Lipinski definition) is 4. The third kappa shape index (κ3) is 5.99. The van der Waals surface area contributed by atoms with Gasteiger partial charge in [0.1, 0.15) is 5.02 Å². The van der Waals surface area contributed by atoms with Crippen LogP contribution in [0, 0.1) is 11.8 Å². The third-order valence-electron chi connectivity index (χ3n) is 6.08. The molecule has 2 aliphatic rings. The van der Waals surface area contributed by atoms with E-state index < -0.39 is 0 Å². The monoisotopic (exact) mass is 426 g/mol. The molecule has 3 rings (SSSR count). The number of rotatable bonds is 6. The van der Waals surface area contributed by atoms with Gasteiger partial charge in [-0.15, -0.1) is 11.8 Å². The zero-order chi connectivity index (χ0) is 20.1. The molecule has 1 aromatic heterocycles. The second kappa shape index (κ2) is 9.99. The molecule has 2 saturated carbocycles. The van der Waals surface area contributed by atoms with Crippen molar-refractivity contribution in [1.29, 1.82) is 0 Å². The molecular formula is C22H35ClN2O2S. The van der Waals surface area contributed by atoms with Crippen molar-refractivity contribution in [3.63, 3.8) is 0 Å². The summed E-state index contributed by atoms with van der Waals surface area (Å²) in [5.41, 5.74) is -0.551. The summed E-state index contributed by atoms with van der Waals surface area (Å²) in [7, 11) is 0. The van der Waals surface area contributed by atoms with Gasteiger partial charge in [-0.1, -0.05) is 30.9 Å². The topological polar surface area (TPSA) is 44.1 Å². The molecule has 0 N–H and O–H groups in total. The first kappa shape index (κ1) is 22.2. The number of aromatic nitrogens is 2. The molecule has 0 aromatic carbocycles. The molecule has 0 aliphatic heterocycles. The first-order chi connectivity index (χ1) is 13.3. The number of hydrogen-bond donors (Lipinski definition) is 0. The van der Waals surface area contributed by atoms with E-state index in [1.807, 2.05) is 20.8 Å². The lowest BCUT2D eigenvalue weighted by Crippen LogP contribution is -2.36. The number of nitrogens with zero attached hydrogens (tertiary/aromatic N) is 2. The minimum Gasteiger partial charge on any atom is -0.378 e. The molecule has 6 heteroatoms. The van der Waals surface area contributed by atoms with E-state index in [0.717, 1.165) is 23.2 Å². The van der Waals surface area contributed by atoms with Crippen LogP contribution >= 0.6 is 23.4 Å². The largest absolute Gasteiger partial charge is 0.378 e. The van der Waals surface area contributed by atoms with Gasteiger partial charge in [-0.3, -0.25) is 4.79 Å². The van der Waals surface area contributed by atoms with Crippen molar-refractivity contribution in [2.75, 3.05) is 12.4 Å². The van der Waals surface area contributed by atoms with E-state index in [2.05, 4.69) is 5.10 Å². The normalized spacial score (nSPS) is 24.4. The summed E-state index contributed by atoms with van der Waals surface area (Å²) in [5, 5.41) is 4.65. The standard InChI is InChI=1S/C22H35ClN2O2S/c1-22(2,3)25-21(26)20(23)19(13-24-25)28-15-17-11-9-16(10-12-17)14-27-18-7-5-4-6-8-18/h13,16-18H,4-12,14-15H2,1-3H3. The maximum atomic E-state index is 12.5. The molecule has 2 fully saturated rings. The Morgan fingerprint density at radius 2 is 1.75 bits per heavy atom. The zero-order valence-electron chi connectivity index (χ0n) is 17.6. The van der Waals surface area contributed by atoms with Crippen molar-refractivity contribution in [3.05, 3.63) is 21.6 Å². The average molecular weight is 427 g/mol. The second-order valence-corrected chi connectivity index (χ2v) is 10.9. The first-order valence-electron chi connectivity index (χ1n) is 10.9. The van der Waals surface area contributed by atoms with Gasteiger partial charge in [0, 0.05) is 12.4 Å². The van der Waals surface area contributed by atoms with Crippen LogP contribution in [0.1, 0.15) is 78.6 Å². The van der Waals surface area contributed by atoms with Crippen molar-refractivity contribution in [2.45, 2.75) is 95.1 Å². The predicted octanol–water partition coefficient (Wildman–Crippen LogP) is 5.90. The number of thioether (sulfide) groups is 1. The predicted molar refractivity (Wildman–Crippen MR) is 118 cm³/mol. The lowest BCUT2D eigenvalue weighted by molar-refractivity contribution is -0.00111. The van der Waals surface area contributed by atoms with E-state index in [9.17, 15) is 4.79 Å². The summed E-state index contributed by atoms with van der Waals surface area (Å²) in [6.07, 6.45) is 13.9. The summed E-state index contributed by atoms with van der Waals surface area (Å²) in [6, 6.07) is 0. The highest BCUT2D eigenvalue weighted by Crippen LogP contribution is 2.35.